The van der Waals surface area contributed by atoms with Gasteiger partial charge in [0.2, 0.25) is 0 Å². The van der Waals surface area contributed by atoms with Gasteiger partial charge in [0.05, 0.1) is 0 Å². The van der Waals surface area contributed by atoms with E-state index in [0.717, 1.165) is 0 Å². The standard InChI is InChI=1S/C10H13N3O3S2/c1-2-7-12-10(17)13-8-3-5-9(6-4-8)16-18(11,14)15/h2-6H,1,7H2,(H2,11,14,15)(H2,12,13,17). The van der Waals surface area contributed by atoms with Gasteiger partial charge < -0.3 is 14.8 Å². The predicted octanol–water partition coefficient (Wildman–Crippen LogP) is 0.741. The number of benzene rings is 1. The highest BCUT2D eigenvalue weighted by molar-refractivity contribution is 7.84. The van der Waals surface area contributed by atoms with Crippen LogP contribution in [0, 0.1) is 0 Å². The lowest BCUT2D eigenvalue weighted by Crippen LogP contribution is -2.28. The van der Waals surface area contributed by atoms with Crippen LogP contribution >= 0.6 is 12.2 Å². The second-order valence-corrected chi connectivity index (χ2v) is 4.78. The first-order chi connectivity index (χ1) is 8.40. The second kappa shape index (κ2) is 6.34. The van der Waals surface area contributed by atoms with Crippen molar-refractivity contribution in [3.05, 3.63) is 36.9 Å². The number of nitrogens with one attached hydrogen (secondary N) is 2. The van der Waals surface area contributed by atoms with Crippen molar-refractivity contribution in [1.29, 1.82) is 0 Å². The van der Waals surface area contributed by atoms with Gasteiger partial charge in [-0.3, -0.25) is 0 Å². The van der Waals surface area contributed by atoms with E-state index in [4.69, 9.17) is 17.4 Å². The van der Waals surface area contributed by atoms with E-state index in [1.165, 1.54) is 12.1 Å². The Balaban J connectivity index is 2.60. The summed E-state index contributed by atoms with van der Waals surface area (Å²) in [7, 11) is -3.99. The monoisotopic (exact) mass is 287 g/mol. The highest BCUT2D eigenvalue weighted by Gasteiger charge is 2.04. The van der Waals surface area contributed by atoms with Crippen molar-refractivity contribution in [2.75, 3.05) is 11.9 Å². The normalized spacial score (nSPS) is 10.5. The summed E-state index contributed by atoms with van der Waals surface area (Å²) in [6, 6.07) is 6.15. The van der Waals surface area contributed by atoms with E-state index in [1.54, 1.807) is 18.2 Å². The van der Waals surface area contributed by atoms with E-state index in [2.05, 4.69) is 21.4 Å². The number of hydrogen-bond acceptors (Lipinski definition) is 4. The Bertz CT molecular complexity index is 526. The van der Waals surface area contributed by atoms with E-state index < -0.39 is 10.3 Å². The van der Waals surface area contributed by atoms with Gasteiger partial charge in [-0.2, -0.15) is 13.6 Å². The molecule has 0 aliphatic heterocycles. The Labute approximate surface area is 111 Å². The fourth-order valence-electron chi connectivity index (χ4n) is 1.07. The van der Waals surface area contributed by atoms with Gasteiger partial charge in [0, 0.05) is 12.2 Å². The van der Waals surface area contributed by atoms with Crippen molar-refractivity contribution in [3.8, 4) is 5.75 Å². The molecule has 0 aliphatic carbocycles. The van der Waals surface area contributed by atoms with Gasteiger partial charge >= 0.3 is 10.3 Å². The van der Waals surface area contributed by atoms with Crippen molar-refractivity contribution >= 4 is 33.3 Å². The fraction of sp³-hybridized carbons (Fsp3) is 0.100. The molecular formula is C10H13N3O3S2. The lowest BCUT2D eigenvalue weighted by atomic mass is 10.3. The lowest BCUT2D eigenvalue weighted by Gasteiger charge is -2.09. The van der Waals surface area contributed by atoms with Gasteiger partial charge in [-0.05, 0) is 36.5 Å². The van der Waals surface area contributed by atoms with Crippen LogP contribution in [0.25, 0.3) is 0 Å². The highest BCUT2D eigenvalue weighted by Crippen LogP contribution is 2.16. The number of nitrogens with two attached hydrogens (primary N) is 1. The molecule has 0 spiro atoms. The topological polar surface area (TPSA) is 93.4 Å². The smallest absolute Gasteiger partial charge is 0.371 e. The summed E-state index contributed by atoms with van der Waals surface area (Å²) in [5, 5.41) is 11.0. The summed E-state index contributed by atoms with van der Waals surface area (Å²) in [6.45, 7) is 4.10. The Hall–Kier alpha value is -1.64. The molecule has 0 radical (unpaired) electrons. The summed E-state index contributed by atoms with van der Waals surface area (Å²) in [6.07, 6.45) is 1.68. The summed E-state index contributed by atoms with van der Waals surface area (Å²) in [5.74, 6) is 0.132. The first kappa shape index (κ1) is 14.4. The number of rotatable bonds is 5. The molecule has 0 saturated heterocycles. The zero-order valence-corrected chi connectivity index (χ0v) is 11.1. The Morgan fingerprint density at radius 2 is 2.06 bits per heavy atom. The molecule has 6 nitrogen and oxygen atoms in total. The quantitative estimate of drug-likeness (QED) is 0.546. The van der Waals surface area contributed by atoms with E-state index in [9.17, 15) is 8.42 Å². The van der Waals surface area contributed by atoms with Gasteiger partial charge in [-0.1, -0.05) is 6.08 Å². The average molecular weight is 287 g/mol. The van der Waals surface area contributed by atoms with Gasteiger partial charge in [-0.25, -0.2) is 0 Å². The van der Waals surface area contributed by atoms with Crippen molar-refractivity contribution in [1.82, 2.24) is 5.32 Å². The average Bonchev–Trinajstić information content (AvgIpc) is 2.27. The molecule has 0 aliphatic rings. The minimum absolute atomic E-state index is 0.132. The minimum atomic E-state index is -3.99. The van der Waals surface area contributed by atoms with Crippen molar-refractivity contribution in [3.63, 3.8) is 0 Å². The maximum Gasteiger partial charge on any atom is 0.380 e. The SMILES string of the molecule is C=CCNC(=S)Nc1ccc(OS(N)(=O)=O)cc1. The largest absolute Gasteiger partial charge is 0.380 e. The van der Waals surface area contributed by atoms with Crippen LogP contribution in [-0.4, -0.2) is 20.1 Å². The van der Waals surface area contributed by atoms with Crippen LogP contribution in [0.1, 0.15) is 0 Å². The number of hydrogen-bond donors (Lipinski definition) is 3. The summed E-state index contributed by atoms with van der Waals surface area (Å²) >= 11 is 5.00. The van der Waals surface area contributed by atoms with Crippen LogP contribution in [0.4, 0.5) is 5.69 Å². The van der Waals surface area contributed by atoms with Crippen molar-refractivity contribution in [2.24, 2.45) is 5.14 Å². The molecule has 0 bridgehead atoms. The number of thiocarbonyl (C=S) groups is 1. The van der Waals surface area contributed by atoms with Crippen LogP contribution < -0.4 is 20.0 Å². The van der Waals surface area contributed by atoms with E-state index in [1.807, 2.05) is 0 Å². The van der Waals surface area contributed by atoms with Gasteiger partial charge in [-0.15, -0.1) is 6.58 Å². The Kier molecular flexibility index (Phi) is 5.08. The first-order valence-electron chi connectivity index (χ1n) is 4.89. The maximum atomic E-state index is 10.7. The van der Waals surface area contributed by atoms with Crippen LogP contribution in [0.3, 0.4) is 0 Å². The van der Waals surface area contributed by atoms with Crippen LogP contribution in [0.2, 0.25) is 0 Å². The molecule has 1 rings (SSSR count). The molecule has 4 N–H and O–H groups in total. The molecule has 0 heterocycles. The minimum Gasteiger partial charge on any atom is -0.371 e. The second-order valence-electron chi connectivity index (χ2n) is 3.22. The van der Waals surface area contributed by atoms with Crippen molar-refractivity contribution < 1.29 is 12.6 Å². The molecule has 1 aromatic carbocycles. The highest BCUT2D eigenvalue weighted by atomic mass is 32.2. The molecule has 0 aromatic heterocycles. The molecule has 0 saturated carbocycles. The first-order valence-corrected chi connectivity index (χ1v) is 6.77. The third-order valence-electron chi connectivity index (χ3n) is 1.73. The predicted molar refractivity (Wildman–Crippen MR) is 74.6 cm³/mol. The van der Waals surface area contributed by atoms with Gasteiger partial charge in [0.1, 0.15) is 5.75 Å². The van der Waals surface area contributed by atoms with Crippen LogP contribution in [-0.2, 0) is 10.3 Å². The van der Waals surface area contributed by atoms with Gasteiger partial charge in [0.25, 0.3) is 0 Å². The molecule has 0 atom stereocenters. The van der Waals surface area contributed by atoms with E-state index in [-0.39, 0.29) is 5.75 Å². The fourth-order valence-corrected chi connectivity index (χ4v) is 1.65. The molecule has 1 aromatic rings. The van der Waals surface area contributed by atoms with Gasteiger partial charge in [0.15, 0.2) is 5.11 Å². The van der Waals surface area contributed by atoms with Crippen molar-refractivity contribution in [2.45, 2.75) is 0 Å². The van der Waals surface area contributed by atoms with Crippen LogP contribution in [0.15, 0.2) is 36.9 Å². The summed E-state index contributed by atoms with van der Waals surface area (Å²) in [5.41, 5.74) is 0.693. The van der Waals surface area contributed by atoms with E-state index in [0.29, 0.717) is 17.3 Å². The molecule has 0 amide bonds. The maximum absolute atomic E-state index is 10.7. The third-order valence-corrected chi connectivity index (χ3v) is 2.40. The lowest BCUT2D eigenvalue weighted by molar-refractivity contribution is 0.488. The van der Waals surface area contributed by atoms with Crippen LogP contribution in [0.5, 0.6) is 5.75 Å². The molecule has 8 heteroatoms. The molecular weight excluding hydrogens is 274 g/mol. The Morgan fingerprint density at radius 1 is 1.44 bits per heavy atom. The number of anilines is 1. The molecule has 0 fully saturated rings. The Morgan fingerprint density at radius 3 is 2.56 bits per heavy atom. The van der Waals surface area contributed by atoms with E-state index >= 15 is 0 Å². The molecule has 98 valence electrons. The third kappa shape index (κ3) is 5.62. The molecule has 0 unspecified atom stereocenters. The molecule has 18 heavy (non-hydrogen) atoms. The summed E-state index contributed by atoms with van der Waals surface area (Å²) < 4.78 is 25.8. The zero-order valence-electron chi connectivity index (χ0n) is 9.42. The zero-order chi connectivity index (χ0) is 13.6. The summed E-state index contributed by atoms with van der Waals surface area (Å²) in [4.78, 5) is 0.